The number of hydrogen-bond acceptors (Lipinski definition) is 10. The monoisotopic (exact) mass is 572 g/mol. The second-order valence-electron chi connectivity index (χ2n) is 10.2. The fourth-order valence-corrected chi connectivity index (χ4v) is 6.84. The summed E-state index contributed by atoms with van der Waals surface area (Å²) in [5, 5.41) is 16.8. The average Bonchev–Trinajstić information content (AvgIpc) is 3.58. The molecule has 0 unspecified atom stereocenters. The van der Waals surface area contributed by atoms with Crippen LogP contribution in [0.1, 0.15) is 37.7 Å². The van der Waals surface area contributed by atoms with Gasteiger partial charge in [-0.1, -0.05) is 28.6 Å². The minimum atomic E-state index is -3.36. The summed E-state index contributed by atoms with van der Waals surface area (Å²) in [4.78, 5) is 25.8. The van der Waals surface area contributed by atoms with Gasteiger partial charge in [-0.3, -0.25) is 10.1 Å². The predicted octanol–water partition coefficient (Wildman–Crippen LogP) is 3.45. The third kappa shape index (κ3) is 6.75. The van der Waals surface area contributed by atoms with E-state index in [1.165, 1.54) is 23.5 Å². The first-order valence-electron chi connectivity index (χ1n) is 12.9. The van der Waals surface area contributed by atoms with Gasteiger partial charge in [0.2, 0.25) is 0 Å². The molecule has 1 heterocycles. The maximum Gasteiger partial charge on any atom is 0.280 e. The van der Waals surface area contributed by atoms with Crippen LogP contribution < -0.4 is 10.1 Å². The number of hydrogen-bond donors (Lipinski definition) is 2. The minimum absolute atomic E-state index is 0.00118. The van der Waals surface area contributed by atoms with Crippen molar-refractivity contribution in [1.29, 1.82) is 0 Å². The number of aromatic nitrogens is 1. The first-order chi connectivity index (χ1) is 18.7. The molecule has 1 aromatic heterocycles. The van der Waals surface area contributed by atoms with E-state index < -0.39 is 21.8 Å². The van der Waals surface area contributed by atoms with Gasteiger partial charge in [-0.25, -0.2) is 13.4 Å². The van der Waals surface area contributed by atoms with Crippen molar-refractivity contribution >= 4 is 48.1 Å². The molecule has 0 spiro atoms. The van der Waals surface area contributed by atoms with Crippen LogP contribution in [0.5, 0.6) is 5.75 Å². The molecule has 2 aliphatic rings. The molecule has 0 aliphatic heterocycles. The molecule has 2 aliphatic carbocycles. The summed E-state index contributed by atoms with van der Waals surface area (Å²) < 4.78 is 31.9. The number of benzene rings is 2. The Morgan fingerprint density at radius 3 is 2.59 bits per heavy atom. The van der Waals surface area contributed by atoms with Crippen LogP contribution in [0.4, 0.5) is 5.13 Å². The highest BCUT2D eigenvalue weighted by Crippen LogP contribution is 2.34. The lowest BCUT2D eigenvalue weighted by atomic mass is 10.1. The van der Waals surface area contributed by atoms with E-state index in [1.54, 1.807) is 12.1 Å². The number of aliphatic hydroxyl groups excluding tert-OH is 1. The highest BCUT2D eigenvalue weighted by Gasteiger charge is 2.37. The number of likely N-dealkylation sites (N-methyl/N-ethyl adjacent to an activating group) is 1. The highest BCUT2D eigenvalue weighted by molar-refractivity contribution is 7.92. The zero-order valence-corrected chi connectivity index (χ0v) is 23.5. The molecule has 0 radical (unpaired) electrons. The molecule has 2 atom stereocenters. The van der Waals surface area contributed by atoms with E-state index in [2.05, 4.69) is 15.5 Å². The van der Waals surface area contributed by atoms with Crippen LogP contribution in [-0.2, 0) is 19.5 Å². The number of fused-ring (bicyclic) bond motifs is 1. The lowest BCUT2D eigenvalue weighted by molar-refractivity contribution is -0.110. The van der Waals surface area contributed by atoms with Crippen molar-refractivity contribution in [2.24, 2.45) is 5.16 Å². The number of nitrogens with zero attached hydrogens (tertiary/aromatic N) is 3. The third-order valence-corrected chi connectivity index (χ3v) is 9.88. The maximum absolute atomic E-state index is 13.4. The number of carbonyl (C=O) groups excluding carboxylic acids is 1. The summed E-state index contributed by atoms with van der Waals surface area (Å²) in [5.74, 6) is 0.189. The number of anilines is 1. The standard InChI is InChI=1S/C27H32N4O6S2/c1-31(2)13-14-36-19-7-12-23-24(16-19)38-27(28-23)29-26(33)25(30-37-20-6-5-18(32)15-20)17-3-8-21(9-4-17)39(34,35)22-10-11-22/h3-4,7-9,12,16,18,20,22,32H,5-6,10-11,13-15H2,1-2H3,(H,28,29,33)/t18-,20-/m1/s1. The van der Waals surface area contributed by atoms with E-state index in [0.29, 0.717) is 49.4 Å². The van der Waals surface area contributed by atoms with Gasteiger partial charge < -0.3 is 19.6 Å². The number of aliphatic hydroxyl groups is 1. The van der Waals surface area contributed by atoms with Gasteiger partial charge in [0.25, 0.3) is 5.91 Å². The Labute approximate surface area is 231 Å². The average molecular weight is 573 g/mol. The summed E-state index contributed by atoms with van der Waals surface area (Å²) >= 11 is 1.31. The van der Waals surface area contributed by atoms with Crippen molar-refractivity contribution in [1.82, 2.24) is 9.88 Å². The van der Waals surface area contributed by atoms with Gasteiger partial charge in [0.15, 0.2) is 20.7 Å². The Morgan fingerprint density at radius 2 is 1.92 bits per heavy atom. The Kier molecular flexibility index (Phi) is 8.17. The number of oxime groups is 1. The highest BCUT2D eigenvalue weighted by atomic mass is 32.2. The van der Waals surface area contributed by atoms with Crippen molar-refractivity contribution in [3.05, 3.63) is 48.0 Å². The number of thiazole rings is 1. The molecular formula is C27H32N4O6S2. The van der Waals surface area contributed by atoms with Crippen LogP contribution in [0.3, 0.4) is 0 Å². The molecule has 12 heteroatoms. The second-order valence-corrected chi connectivity index (χ2v) is 13.4. The fourth-order valence-electron chi connectivity index (χ4n) is 4.29. The number of sulfone groups is 1. The van der Waals surface area contributed by atoms with Gasteiger partial charge in [-0.15, -0.1) is 0 Å². The Morgan fingerprint density at radius 1 is 1.15 bits per heavy atom. The molecule has 39 heavy (non-hydrogen) atoms. The fraction of sp³-hybridized carbons (Fsp3) is 0.444. The molecule has 2 fully saturated rings. The summed E-state index contributed by atoms with van der Waals surface area (Å²) in [7, 11) is 0.604. The molecule has 10 nitrogen and oxygen atoms in total. The summed E-state index contributed by atoms with van der Waals surface area (Å²) in [6.07, 6.45) is 2.28. The summed E-state index contributed by atoms with van der Waals surface area (Å²) in [5.41, 5.74) is 1.14. The number of carbonyl (C=O) groups is 1. The number of nitrogens with one attached hydrogen (secondary N) is 1. The topological polar surface area (TPSA) is 130 Å². The van der Waals surface area contributed by atoms with Crippen LogP contribution in [-0.4, -0.2) is 79.7 Å². The van der Waals surface area contributed by atoms with Gasteiger partial charge in [-0.05, 0) is 70.1 Å². The molecule has 2 N–H and O–H groups in total. The van der Waals surface area contributed by atoms with E-state index in [0.717, 1.165) is 22.5 Å². The first-order valence-corrected chi connectivity index (χ1v) is 15.3. The largest absolute Gasteiger partial charge is 0.492 e. The molecule has 3 aromatic rings. The smallest absolute Gasteiger partial charge is 0.280 e. The number of rotatable bonds is 11. The molecule has 5 rings (SSSR count). The molecule has 2 saturated carbocycles. The van der Waals surface area contributed by atoms with E-state index >= 15 is 0 Å². The van der Waals surface area contributed by atoms with Crippen LogP contribution in [0, 0.1) is 0 Å². The third-order valence-electron chi connectivity index (χ3n) is 6.67. The van der Waals surface area contributed by atoms with Crippen molar-refractivity contribution in [3.8, 4) is 5.75 Å². The van der Waals surface area contributed by atoms with E-state index in [9.17, 15) is 18.3 Å². The molecule has 2 aromatic carbocycles. The summed E-state index contributed by atoms with van der Waals surface area (Å²) in [6, 6.07) is 11.7. The Hall–Kier alpha value is -3.06. The number of ether oxygens (including phenoxy) is 1. The zero-order valence-electron chi connectivity index (χ0n) is 21.9. The van der Waals surface area contributed by atoms with E-state index in [4.69, 9.17) is 9.57 Å². The quantitative estimate of drug-likeness (QED) is 0.264. The van der Waals surface area contributed by atoms with E-state index in [1.807, 2.05) is 37.2 Å². The lowest BCUT2D eigenvalue weighted by Crippen LogP contribution is -2.25. The molecule has 0 saturated heterocycles. The second kappa shape index (κ2) is 11.6. The van der Waals surface area contributed by atoms with Gasteiger partial charge in [-0.2, -0.15) is 0 Å². The van der Waals surface area contributed by atoms with Crippen molar-refractivity contribution < 1.29 is 27.9 Å². The molecular weight excluding hydrogens is 540 g/mol. The zero-order chi connectivity index (χ0) is 27.6. The van der Waals surface area contributed by atoms with Crippen molar-refractivity contribution in [2.75, 3.05) is 32.6 Å². The predicted molar refractivity (Wildman–Crippen MR) is 150 cm³/mol. The minimum Gasteiger partial charge on any atom is -0.492 e. The van der Waals surface area contributed by atoms with E-state index in [-0.39, 0.29) is 22.0 Å². The van der Waals surface area contributed by atoms with Crippen molar-refractivity contribution in [3.63, 3.8) is 0 Å². The molecule has 0 bridgehead atoms. The normalized spacial score (nSPS) is 19.9. The van der Waals surface area contributed by atoms with Gasteiger partial charge in [0, 0.05) is 18.5 Å². The summed E-state index contributed by atoms with van der Waals surface area (Å²) in [6.45, 7) is 1.35. The van der Waals surface area contributed by atoms with Gasteiger partial charge >= 0.3 is 0 Å². The Balaban J connectivity index is 1.35. The Bertz CT molecular complexity index is 1470. The van der Waals surface area contributed by atoms with Crippen LogP contribution in [0.2, 0.25) is 0 Å². The first kappa shape index (κ1) is 27.5. The number of amides is 1. The van der Waals surface area contributed by atoms with Crippen LogP contribution in [0.25, 0.3) is 10.2 Å². The van der Waals surface area contributed by atoms with Crippen LogP contribution >= 0.6 is 11.3 Å². The maximum atomic E-state index is 13.4. The van der Waals surface area contributed by atoms with Crippen molar-refractivity contribution in [2.45, 2.75) is 54.5 Å². The lowest BCUT2D eigenvalue weighted by Gasteiger charge is -2.11. The SMILES string of the molecule is CN(C)CCOc1ccc2nc(NC(=O)C(=NO[C@@H]3CC[C@@H](O)C3)c3ccc(S(=O)(=O)C4CC4)cc3)sc2c1. The van der Waals surface area contributed by atoms with Gasteiger partial charge in [0.1, 0.15) is 18.5 Å². The molecule has 208 valence electrons. The van der Waals surface area contributed by atoms with Gasteiger partial charge in [0.05, 0.1) is 26.5 Å². The van der Waals surface area contributed by atoms with Crippen LogP contribution in [0.15, 0.2) is 52.5 Å². The molecule has 1 amide bonds.